The van der Waals surface area contributed by atoms with Gasteiger partial charge in [0.05, 0.1) is 7.11 Å². The molecule has 2 aromatic rings. The van der Waals surface area contributed by atoms with Crippen molar-refractivity contribution >= 4 is 6.01 Å². The predicted molar refractivity (Wildman–Crippen MR) is 71.3 cm³/mol. The van der Waals surface area contributed by atoms with Gasteiger partial charge in [0.25, 0.3) is 0 Å². The SMILES string of the molecule is COCCCNc1nc(-c2ccc(OC)cc2)no1. The molecule has 0 bridgehead atoms. The summed E-state index contributed by atoms with van der Waals surface area (Å²) in [5, 5.41) is 6.97. The molecule has 1 heterocycles. The molecule has 0 aliphatic heterocycles. The fourth-order valence-electron chi connectivity index (χ4n) is 1.56. The number of hydrogen-bond acceptors (Lipinski definition) is 6. The van der Waals surface area contributed by atoms with Crippen LogP contribution in [-0.2, 0) is 4.74 Å². The van der Waals surface area contributed by atoms with Crippen LogP contribution >= 0.6 is 0 Å². The number of anilines is 1. The Balaban J connectivity index is 1.95. The number of rotatable bonds is 7. The molecule has 0 amide bonds. The normalized spacial score (nSPS) is 10.4. The van der Waals surface area contributed by atoms with Crippen LogP contribution in [0.2, 0.25) is 0 Å². The number of aromatic nitrogens is 2. The van der Waals surface area contributed by atoms with Crippen molar-refractivity contribution in [2.45, 2.75) is 6.42 Å². The molecule has 0 spiro atoms. The molecule has 6 heteroatoms. The van der Waals surface area contributed by atoms with Crippen molar-refractivity contribution in [1.82, 2.24) is 10.1 Å². The van der Waals surface area contributed by atoms with Gasteiger partial charge in [-0.25, -0.2) is 0 Å². The Morgan fingerprint density at radius 1 is 1.21 bits per heavy atom. The number of nitrogens with zero attached hydrogens (tertiary/aromatic N) is 2. The molecule has 0 fully saturated rings. The summed E-state index contributed by atoms with van der Waals surface area (Å²) < 4.78 is 15.2. The minimum atomic E-state index is 0.418. The van der Waals surface area contributed by atoms with E-state index in [1.807, 2.05) is 24.3 Å². The Labute approximate surface area is 111 Å². The second kappa shape index (κ2) is 6.75. The van der Waals surface area contributed by atoms with E-state index in [0.29, 0.717) is 18.4 Å². The van der Waals surface area contributed by atoms with E-state index in [9.17, 15) is 0 Å². The van der Waals surface area contributed by atoms with Gasteiger partial charge in [-0.05, 0) is 30.7 Å². The monoisotopic (exact) mass is 263 g/mol. The van der Waals surface area contributed by atoms with Crippen LogP contribution in [0.15, 0.2) is 28.8 Å². The fraction of sp³-hybridized carbons (Fsp3) is 0.385. The molecule has 0 unspecified atom stereocenters. The molecule has 2 rings (SSSR count). The Morgan fingerprint density at radius 3 is 2.68 bits per heavy atom. The van der Waals surface area contributed by atoms with Gasteiger partial charge < -0.3 is 19.3 Å². The molecule has 0 aliphatic carbocycles. The number of hydrogen-bond donors (Lipinski definition) is 1. The van der Waals surface area contributed by atoms with Crippen LogP contribution in [0.5, 0.6) is 5.75 Å². The Hall–Kier alpha value is -2.08. The molecule has 0 radical (unpaired) electrons. The van der Waals surface area contributed by atoms with Crippen LogP contribution in [-0.4, -0.2) is 37.5 Å². The number of methoxy groups -OCH3 is 2. The topological polar surface area (TPSA) is 69.4 Å². The minimum absolute atomic E-state index is 0.418. The summed E-state index contributed by atoms with van der Waals surface area (Å²) in [6, 6.07) is 7.91. The highest BCUT2D eigenvalue weighted by molar-refractivity contribution is 5.56. The second-order valence-corrected chi connectivity index (χ2v) is 3.92. The van der Waals surface area contributed by atoms with E-state index in [-0.39, 0.29) is 0 Å². The van der Waals surface area contributed by atoms with Crippen LogP contribution in [0.4, 0.5) is 6.01 Å². The summed E-state index contributed by atoms with van der Waals surface area (Å²) in [7, 11) is 3.31. The average molecular weight is 263 g/mol. The summed E-state index contributed by atoms with van der Waals surface area (Å²) in [5.41, 5.74) is 0.884. The molecule has 0 aliphatic rings. The maximum atomic E-state index is 5.11. The lowest BCUT2D eigenvalue weighted by atomic mass is 10.2. The van der Waals surface area contributed by atoms with Gasteiger partial charge in [-0.3, -0.25) is 0 Å². The van der Waals surface area contributed by atoms with E-state index in [1.165, 1.54) is 0 Å². The van der Waals surface area contributed by atoms with Crippen molar-refractivity contribution < 1.29 is 14.0 Å². The maximum absolute atomic E-state index is 5.11. The third-order valence-corrected chi connectivity index (χ3v) is 2.58. The van der Waals surface area contributed by atoms with E-state index >= 15 is 0 Å². The van der Waals surface area contributed by atoms with Crippen molar-refractivity contribution in [3.8, 4) is 17.1 Å². The molecule has 1 N–H and O–H groups in total. The smallest absolute Gasteiger partial charge is 0.321 e. The van der Waals surface area contributed by atoms with Gasteiger partial charge in [0.2, 0.25) is 5.82 Å². The predicted octanol–water partition coefficient (Wildman–Crippen LogP) is 2.19. The molecular formula is C13H17N3O3. The average Bonchev–Trinajstić information content (AvgIpc) is 2.92. The quantitative estimate of drug-likeness (QED) is 0.772. The number of benzene rings is 1. The third-order valence-electron chi connectivity index (χ3n) is 2.58. The summed E-state index contributed by atoms with van der Waals surface area (Å²) >= 11 is 0. The summed E-state index contributed by atoms with van der Waals surface area (Å²) in [6.07, 6.45) is 0.886. The molecular weight excluding hydrogens is 246 g/mol. The second-order valence-electron chi connectivity index (χ2n) is 3.92. The first-order valence-electron chi connectivity index (χ1n) is 6.04. The van der Waals surface area contributed by atoms with Gasteiger partial charge in [0.1, 0.15) is 5.75 Å². The Morgan fingerprint density at radius 2 is 2.00 bits per heavy atom. The number of ether oxygens (including phenoxy) is 2. The zero-order valence-corrected chi connectivity index (χ0v) is 11.0. The first-order valence-corrected chi connectivity index (χ1v) is 6.04. The Kier molecular flexibility index (Phi) is 4.74. The summed E-state index contributed by atoms with van der Waals surface area (Å²) in [4.78, 5) is 4.26. The first-order chi connectivity index (χ1) is 9.33. The standard InChI is InChI=1S/C13H17N3O3/c1-17-9-3-8-14-13-15-12(16-19-13)10-4-6-11(18-2)7-5-10/h4-7H,3,8-9H2,1-2H3,(H,14,15,16). The lowest BCUT2D eigenvalue weighted by Gasteiger charge is -1.99. The maximum Gasteiger partial charge on any atom is 0.321 e. The zero-order valence-electron chi connectivity index (χ0n) is 11.0. The van der Waals surface area contributed by atoms with Crippen molar-refractivity contribution in [3.05, 3.63) is 24.3 Å². The lowest BCUT2D eigenvalue weighted by Crippen LogP contribution is -2.04. The van der Waals surface area contributed by atoms with Gasteiger partial charge >= 0.3 is 6.01 Å². The van der Waals surface area contributed by atoms with E-state index in [2.05, 4.69) is 15.5 Å². The Bertz CT molecular complexity index is 496. The van der Waals surface area contributed by atoms with E-state index in [4.69, 9.17) is 14.0 Å². The molecule has 1 aromatic carbocycles. The first kappa shape index (κ1) is 13.4. The van der Waals surface area contributed by atoms with Crippen molar-refractivity contribution in [2.75, 3.05) is 32.7 Å². The van der Waals surface area contributed by atoms with E-state index in [0.717, 1.165) is 24.3 Å². The van der Waals surface area contributed by atoms with Gasteiger partial charge in [-0.15, -0.1) is 0 Å². The minimum Gasteiger partial charge on any atom is -0.497 e. The van der Waals surface area contributed by atoms with Crippen LogP contribution in [0.1, 0.15) is 6.42 Å². The molecule has 102 valence electrons. The van der Waals surface area contributed by atoms with Gasteiger partial charge in [-0.2, -0.15) is 4.98 Å². The summed E-state index contributed by atoms with van der Waals surface area (Å²) in [5.74, 6) is 1.35. The van der Waals surface area contributed by atoms with Crippen LogP contribution in [0.3, 0.4) is 0 Å². The highest BCUT2D eigenvalue weighted by Gasteiger charge is 2.07. The molecule has 6 nitrogen and oxygen atoms in total. The molecule has 0 saturated carbocycles. The van der Waals surface area contributed by atoms with Crippen molar-refractivity contribution in [2.24, 2.45) is 0 Å². The molecule has 0 atom stereocenters. The largest absolute Gasteiger partial charge is 0.497 e. The lowest BCUT2D eigenvalue weighted by molar-refractivity contribution is 0.197. The van der Waals surface area contributed by atoms with Crippen molar-refractivity contribution in [3.63, 3.8) is 0 Å². The van der Waals surface area contributed by atoms with Crippen LogP contribution in [0.25, 0.3) is 11.4 Å². The molecule has 0 saturated heterocycles. The zero-order chi connectivity index (χ0) is 13.5. The third kappa shape index (κ3) is 3.69. The van der Waals surface area contributed by atoms with Gasteiger partial charge in [0, 0.05) is 25.8 Å². The number of nitrogens with one attached hydrogen (secondary N) is 1. The van der Waals surface area contributed by atoms with Crippen LogP contribution < -0.4 is 10.1 Å². The van der Waals surface area contributed by atoms with E-state index < -0.39 is 0 Å². The van der Waals surface area contributed by atoms with Gasteiger partial charge in [0.15, 0.2) is 0 Å². The van der Waals surface area contributed by atoms with Crippen molar-refractivity contribution in [1.29, 1.82) is 0 Å². The highest BCUT2D eigenvalue weighted by Crippen LogP contribution is 2.20. The summed E-state index contributed by atoms with van der Waals surface area (Å²) in [6.45, 7) is 1.44. The highest BCUT2D eigenvalue weighted by atomic mass is 16.5. The van der Waals surface area contributed by atoms with Crippen LogP contribution in [0, 0.1) is 0 Å². The molecule has 1 aromatic heterocycles. The van der Waals surface area contributed by atoms with Gasteiger partial charge in [-0.1, -0.05) is 5.16 Å². The molecule has 19 heavy (non-hydrogen) atoms. The van der Waals surface area contributed by atoms with E-state index in [1.54, 1.807) is 14.2 Å². The fourth-order valence-corrected chi connectivity index (χ4v) is 1.56.